The minimum Gasteiger partial charge on any atom is -0.329 e. The topological polar surface area (TPSA) is 26.0 Å². The van der Waals surface area contributed by atoms with Crippen molar-refractivity contribution in [2.24, 2.45) is 5.73 Å². The minimum atomic E-state index is -2.65. The average Bonchev–Trinajstić information content (AvgIpc) is 2.81. The van der Waals surface area contributed by atoms with Crippen molar-refractivity contribution in [3.63, 3.8) is 0 Å². The smallest absolute Gasteiger partial charge is 0.260 e. The van der Waals surface area contributed by atoms with Crippen LogP contribution >= 0.6 is 0 Å². The van der Waals surface area contributed by atoms with Crippen molar-refractivity contribution in [3.8, 4) is 0 Å². The molecule has 1 atom stereocenters. The number of halogens is 2. The highest BCUT2D eigenvalue weighted by atomic mass is 19.3. The van der Waals surface area contributed by atoms with Gasteiger partial charge in [0.05, 0.1) is 5.41 Å². The van der Waals surface area contributed by atoms with Crippen LogP contribution in [0.4, 0.5) is 8.78 Å². The van der Waals surface area contributed by atoms with Crippen molar-refractivity contribution in [2.45, 2.75) is 43.9 Å². The molecule has 0 spiro atoms. The van der Waals surface area contributed by atoms with E-state index < -0.39 is 11.3 Å². The Kier molecular flexibility index (Phi) is 2.58. The van der Waals surface area contributed by atoms with Crippen LogP contribution < -0.4 is 5.73 Å². The van der Waals surface area contributed by atoms with E-state index in [9.17, 15) is 8.78 Å². The summed E-state index contributed by atoms with van der Waals surface area (Å²) in [6.07, 6.45) is -0.121. The van der Waals surface area contributed by atoms with E-state index in [0.717, 1.165) is 11.1 Å². The third kappa shape index (κ3) is 1.77. The van der Waals surface area contributed by atoms with E-state index in [-0.39, 0.29) is 18.4 Å². The molecule has 94 valence electrons. The van der Waals surface area contributed by atoms with Crippen LogP contribution in [0.25, 0.3) is 0 Å². The Morgan fingerprint density at radius 1 is 1.24 bits per heavy atom. The molecule has 1 unspecified atom stereocenters. The van der Waals surface area contributed by atoms with Crippen LogP contribution in [0, 0.1) is 0 Å². The zero-order valence-electron chi connectivity index (χ0n) is 10.6. The zero-order valence-corrected chi connectivity index (χ0v) is 10.6. The number of benzene rings is 1. The lowest BCUT2D eigenvalue weighted by Gasteiger charge is -2.27. The molecule has 0 aliphatic heterocycles. The first-order valence-electron chi connectivity index (χ1n) is 5.92. The van der Waals surface area contributed by atoms with Crippen molar-refractivity contribution in [3.05, 3.63) is 35.4 Å². The summed E-state index contributed by atoms with van der Waals surface area (Å²) in [7, 11) is 0. The Balaban J connectivity index is 2.54. The first kappa shape index (κ1) is 12.5. The molecule has 1 aromatic rings. The highest BCUT2D eigenvalue weighted by molar-refractivity contribution is 5.46. The van der Waals surface area contributed by atoms with Gasteiger partial charge in [0, 0.05) is 13.0 Å². The van der Waals surface area contributed by atoms with Gasteiger partial charge in [0.2, 0.25) is 0 Å². The van der Waals surface area contributed by atoms with Gasteiger partial charge < -0.3 is 5.73 Å². The molecule has 2 N–H and O–H groups in total. The van der Waals surface area contributed by atoms with Crippen molar-refractivity contribution >= 4 is 0 Å². The maximum absolute atomic E-state index is 13.6. The molecule has 1 nitrogen and oxygen atoms in total. The zero-order chi connectivity index (χ0) is 12.9. The van der Waals surface area contributed by atoms with Crippen molar-refractivity contribution < 1.29 is 8.78 Å². The number of rotatable bonds is 2. The highest BCUT2D eigenvalue weighted by Crippen LogP contribution is 2.62. The number of hydrogen-bond donors (Lipinski definition) is 1. The van der Waals surface area contributed by atoms with Crippen molar-refractivity contribution in [1.29, 1.82) is 0 Å². The first-order valence-corrected chi connectivity index (χ1v) is 5.92. The van der Waals surface area contributed by atoms with E-state index in [1.54, 1.807) is 6.07 Å². The van der Waals surface area contributed by atoms with Gasteiger partial charge in [-0.2, -0.15) is 0 Å². The first-order chi connectivity index (χ1) is 7.74. The summed E-state index contributed by atoms with van der Waals surface area (Å²) in [6, 6.07) is 7.45. The lowest BCUT2D eigenvalue weighted by Crippen LogP contribution is -2.30. The molecule has 0 saturated heterocycles. The summed E-state index contributed by atoms with van der Waals surface area (Å²) in [5.41, 5.74) is 6.04. The summed E-state index contributed by atoms with van der Waals surface area (Å²) in [5, 5.41) is 0. The molecular weight excluding hydrogens is 220 g/mol. The van der Waals surface area contributed by atoms with Gasteiger partial charge in [0.25, 0.3) is 5.92 Å². The molecule has 1 saturated carbocycles. The van der Waals surface area contributed by atoms with Gasteiger partial charge in [-0.15, -0.1) is 0 Å². The lowest BCUT2D eigenvalue weighted by atomic mass is 9.78. The second-order valence-corrected chi connectivity index (χ2v) is 5.96. The Labute approximate surface area is 101 Å². The number of hydrogen-bond acceptors (Lipinski definition) is 1. The van der Waals surface area contributed by atoms with Crippen LogP contribution in [-0.4, -0.2) is 12.5 Å². The molecule has 0 aromatic heterocycles. The van der Waals surface area contributed by atoms with Crippen LogP contribution in [0.15, 0.2) is 24.3 Å². The van der Waals surface area contributed by atoms with E-state index in [1.807, 2.05) is 39.0 Å². The van der Waals surface area contributed by atoms with Gasteiger partial charge in [0.1, 0.15) is 0 Å². The molecule has 0 bridgehead atoms. The standard InChI is InChI=1S/C14H19F2N/c1-12(2,3)10-6-4-5-7-11(10)13(9-17)8-14(13,15)16/h4-7H,8-9,17H2,1-3H3. The maximum atomic E-state index is 13.6. The van der Waals surface area contributed by atoms with Crippen LogP contribution in [0.2, 0.25) is 0 Å². The van der Waals surface area contributed by atoms with E-state index in [4.69, 9.17) is 5.73 Å². The molecule has 0 heterocycles. The van der Waals surface area contributed by atoms with Gasteiger partial charge in [0.15, 0.2) is 0 Å². The Morgan fingerprint density at radius 2 is 1.76 bits per heavy atom. The van der Waals surface area contributed by atoms with Crippen LogP contribution in [0.5, 0.6) is 0 Å². The number of nitrogens with two attached hydrogens (primary N) is 1. The SMILES string of the molecule is CC(C)(C)c1ccccc1C1(CN)CC1(F)F. The fraction of sp³-hybridized carbons (Fsp3) is 0.571. The summed E-state index contributed by atoms with van der Waals surface area (Å²) in [4.78, 5) is 0. The lowest BCUT2D eigenvalue weighted by molar-refractivity contribution is 0.0892. The van der Waals surface area contributed by atoms with Crippen LogP contribution in [0.3, 0.4) is 0 Å². The van der Waals surface area contributed by atoms with Crippen LogP contribution in [0.1, 0.15) is 38.3 Å². The van der Waals surface area contributed by atoms with E-state index in [0.29, 0.717) is 0 Å². The van der Waals surface area contributed by atoms with E-state index >= 15 is 0 Å². The van der Waals surface area contributed by atoms with Gasteiger partial charge in [-0.05, 0) is 16.5 Å². The third-order valence-corrected chi connectivity index (χ3v) is 3.70. The maximum Gasteiger partial charge on any atom is 0.260 e. The molecule has 1 fully saturated rings. The third-order valence-electron chi connectivity index (χ3n) is 3.70. The Morgan fingerprint density at radius 3 is 2.18 bits per heavy atom. The fourth-order valence-electron chi connectivity index (χ4n) is 2.51. The Bertz CT molecular complexity index is 434. The molecule has 0 radical (unpaired) electrons. The summed E-state index contributed by atoms with van der Waals surface area (Å²) < 4.78 is 27.3. The molecule has 3 heteroatoms. The number of alkyl halides is 2. The summed E-state index contributed by atoms with van der Waals surface area (Å²) in [6.45, 7) is 6.12. The largest absolute Gasteiger partial charge is 0.329 e. The van der Waals surface area contributed by atoms with Gasteiger partial charge >= 0.3 is 0 Å². The van der Waals surface area contributed by atoms with Gasteiger partial charge in [-0.3, -0.25) is 0 Å². The summed E-state index contributed by atoms with van der Waals surface area (Å²) in [5.74, 6) is -2.65. The monoisotopic (exact) mass is 239 g/mol. The second-order valence-electron chi connectivity index (χ2n) is 5.96. The summed E-state index contributed by atoms with van der Waals surface area (Å²) >= 11 is 0. The predicted molar refractivity (Wildman–Crippen MR) is 65.4 cm³/mol. The molecule has 1 aliphatic rings. The highest BCUT2D eigenvalue weighted by Gasteiger charge is 2.71. The second kappa shape index (κ2) is 3.52. The Hall–Kier alpha value is -0.960. The quantitative estimate of drug-likeness (QED) is 0.842. The molecule has 17 heavy (non-hydrogen) atoms. The fourth-order valence-corrected chi connectivity index (χ4v) is 2.51. The van der Waals surface area contributed by atoms with E-state index in [2.05, 4.69) is 0 Å². The van der Waals surface area contributed by atoms with Crippen molar-refractivity contribution in [1.82, 2.24) is 0 Å². The predicted octanol–water partition coefficient (Wildman–Crippen LogP) is 3.22. The normalized spacial score (nSPS) is 26.9. The molecule has 0 amide bonds. The van der Waals surface area contributed by atoms with Crippen molar-refractivity contribution in [2.75, 3.05) is 6.54 Å². The molecule has 1 aromatic carbocycles. The molecular formula is C14H19F2N. The van der Waals surface area contributed by atoms with Gasteiger partial charge in [-0.1, -0.05) is 45.0 Å². The minimum absolute atomic E-state index is 0.00704. The average molecular weight is 239 g/mol. The van der Waals surface area contributed by atoms with E-state index in [1.165, 1.54) is 0 Å². The molecule has 2 rings (SSSR count). The van der Waals surface area contributed by atoms with Crippen LogP contribution in [-0.2, 0) is 10.8 Å². The van der Waals surface area contributed by atoms with Gasteiger partial charge in [-0.25, -0.2) is 8.78 Å². The molecule has 1 aliphatic carbocycles.